The van der Waals surface area contributed by atoms with Gasteiger partial charge < -0.3 is 9.84 Å². The summed E-state index contributed by atoms with van der Waals surface area (Å²) in [6.07, 6.45) is -11.3. The van der Waals surface area contributed by atoms with Crippen molar-refractivity contribution in [3.63, 3.8) is 0 Å². The fraction of sp³-hybridized carbons (Fsp3) is 0.450. The van der Waals surface area contributed by atoms with E-state index in [1.54, 1.807) is 0 Å². The number of rotatable bonds is 9. The molecular formula is C20H20F6N6O4. The van der Waals surface area contributed by atoms with Crippen LogP contribution in [0.4, 0.5) is 26.3 Å². The lowest BCUT2D eigenvalue weighted by Crippen LogP contribution is -2.32. The molecule has 10 nitrogen and oxygen atoms in total. The molecule has 3 aromatic heterocycles. The fourth-order valence-electron chi connectivity index (χ4n) is 3.28. The van der Waals surface area contributed by atoms with Crippen LogP contribution >= 0.6 is 0 Å². The van der Waals surface area contributed by atoms with E-state index in [9.17, 15) is 36.6 Å². The summed E-state index contributed by atoms with van der Waals surface area (Å²) >= 11 is 0. The molecule has 0 fully saturated rings. The number of aromatic nitrogens is 6. The van der Waals surface area contributed by atoms with Crippen LogP contribution in [0.15, 0.2) is 10.9 Å². The highest BCUT2D eigenvalue weighted by molar-refractivity contribution is 5.99. The first-order valence-electron chi connectivity index (χ1n) is 10.4. The Morgan fingerprint density at radius 2 is 1.97 bits per heavy atom. The lowest BCUT2D eigenvalue weighted by molar-refractivity contribution is -0.190. The summed E-state index contributed by atoms with van der Waals surface area (Å²) < 4.78 is 87.2. The second-order valence-electron chi connectivity index (χ2n) is 7.57. The van der Waals surface area contributed by atoms with E-state index in [0.29, 0.717) is 17.7 Å². The third-order valence-corrected chi connectivity index (χ3v) is 5.22. The number of Topliss-reactive ketones (excluding diaryl/α,β-unsaturated/α-hetero) is 1. The number of hydrogen-bond acceptors (Lipinski definition) is 7. The zero-order chi connectivity index (χ0) is 26.9. The number of carbonyl (C=O) groups excluding carboxylic acids is 1. The van der Waals surface area contributed by atoms with Crippen LogP contribution in [-0.4, -0.2) is 52.7 Å². The second-order valence-corrected chi connectivity index (χ2v) is 7.57. The van der Waals surface area contributed by atoms with E-state index in [1.807, 2.05) is 0 Å². The number of aliphatic hydroxyl groups is 1. The van der Waals surface area contributed by atoms with E-state index in [0.717, 1.165) is 4.57 Å². The summed E-state index contributed by atoms with van der Waals surface area (Å²) in [6.45, 7) is 2.80. The number of nitrogens with one attached hydrogen (secondary N) is 1. The van der Waals surface area contributed by atoms with Crippen LogP contribution in [0.3, 0.4) is 0 Å². The number of H-pyrrole nitrogens is 1. The molecule has 196 valence electrons. The van der Waals surface area contributed by atoms with E-state index >= 15 is 4.39 Å². The van der Waals surface area contributed by atoms with E-state index in [4.69, 9.17) is 4.74 Å². The fourth-order valence-corrected chi connectivity index (χ4v) is 3.28. The quantitative estimate of drug-likeness (QED) is 0.327. The number of pyridine rings is 1. The maximum absolute atomic E-state index is 15.0. The van der Waals surface area contributed by atoms with Gasteiger partial charge >= 0.3 is 11.9 Å². The lowest BCUT2D eigenvalue weighted by atomic mass is 10.0. The molecule has 0 spiro atoms. The van der Waals surface area contributed by atoms with Crippen molar-refractivity contribution in [2.24, 2.45) is 0 Å². The van der Waals surface area contributed by atoms with Gasteiger partial charge in [0.05, 0.1) is 5.56 Å². The predicted octanol–water partition coefficient (Wildman–Crippen LogP) is 2.80. The lowest BCUT2D eigenvalue weighted by Gasteiger charge is -2.19. The minimum absolute atomic E-state index is 0.0257. The summed E-state index contributed by atoms with van der Waals surface area (Å²) in [5, 5.41) is 18.8. The van der Waals surface area contributed by atoms with Crippen molar-refractivity contribution in [3.05, 3.63) is 50.7 Å². The largest absolute Gasteiger partial charge is 0.464 e. The number of hydrogen-bond donors (Lipinski definition) is 2. The molecule has 0 amide bonds. The number of aryl methyl sites for hydroxylation is 1. The summed E-state index contributed by atoms with van der Waals surface area (Å²) in [7, 11) is 0. The van der Waals surface area contributed by atoms with Gasteiger partial charge in [-0.2, -0.15) is 27.9 Å². The van der Waals surface area contributed by atoms with Gasteiger partial charge in [0.2, 0.25) is 5.88 Å². The zero-order valence-corrected chi connectivity index (χ0v) is 19.0. The number of aromatic amines is 1. The van der Waals surface area contributed by atoms with E-state index < -0.39 is 72.0 Å². The molecular weight excluding hydrogens is 502 g/mol. The number of alkyl halides is 5. The maximum atomic E-state index is 15.0. The third-order valence-electron chi connectivity index (χ3n) is 5.22. The Bertz CT molecular complexity index is 1330. The van der Waals surface area contributed by atoms with Crippen LogP contribution < -0.4 is 10.4 Å². The molecule has 0 unspecified atom stereocenters. The summed E-state index contributed by atoms with van der Waals surface area (Å²) in [4.78, 5) is 29.1. The molecule has 0 aliphatic heterocycles. The summed E-state index contributed by atoms with van der Waals surface area (Å²) in [5.74, 6) is -4.49. The van der Waals surface area contributed by atoms with Crippen molar-refractivity contribution < 1.29 is 41.0 Å². The number of aliphatic hydroxyl groups excluding tert-OH is 1. The van der Waals surface area contributed by atoms with Gasteiger partial charge in [-0.1, -0.05) is 0 Å². The minimum Gasteiger partial charge on any atom is -0.464 e. The molecule has 0 saturated carbocycles. The highest BCUT2D eigenvalue weighted by atomic mass is 19.4. The van der Waals surface area contributed by atoms with E-state index in [2.05, 4.69) is 20.3 Å². The topological polar surface area (TPSA) is 128 Å². The van der Waals surface area contributed by atoms with E-state index in [-0.39, 0.29) is 23.6 Å². The molecule has 16 heteroatoms. The monoisotopic (exact) mass is 522 g/mol. The van der Waals surface area contributed by atoms with Crippen LogP contribution in [0.25, 0.3) is 5.82 Å². The molecule has 3 rings (SSSR count). The molecule has 0 aromatic carbocycles. The molecule has 0 aliphatic rings. The highest BCUT2D eigenvalue weighted by Crippen LogP contribution is 2.30. The SMILES string of the molecule is CCn1c(CO)nn(-c2nc(O[C@@H](C)C(F)(F)F)c(C(=O)Cc3c(C(F)F)n[nH]c3C)cc2F)c1=O. The number of ketones is 1. The first-order chi connectivity index (χ1) is 16.8. The molecule has 36 heavy (non-hydrogen) atoms. The predicted molar refractivity (Wildman–Crippen MR) is 110 cm³/mol. The molecule has 0 aliphatic carbocycles. The Morgan fingerprint density at radius 1 is 1.31 bits per heavy atom. The number of nitrogens with zero attached hydrogens (tertiary/aromatic N) is 5. The minimum atomic E-state index is -4.91. The zero-order valence-electron chi connectivity index (χ0n) is 19.0. The van der Waals surface area contributed by atoms with Crippen LogP contribution in [0.1, 0.15) is 53.4 Å². The molecule has 2 N–H and O–H groups in total. The first-order valence-corrected chi connectivity index (χ1v) is 10.4. The molecule has 0 saturated heterocycles. The number of carbonyl (C=O) groups is 1. The Labute approximate surface area is 198 Å². The van der Waals surface area contributed by atoms with Gasteiger partial charge in [0.25, 0.3) is 6.43 Å². The van der Waals surface area contributed by atoms with Crippen molar-refractivity contribution in [1.82, 2.24) is 29.5 Å². The van der Waals surface area contributed by atoms with Crippen molar-refractivity contribution in [3.8, 4) is 11.7 Å². The van der Waals surface area contributed by atoms with Gasteiger partial charge in [0, 0.05) is 24.2 Å². The average Bonchev–Trinajstić information content (AvgIpc) is 3.32. The van der Waals surface area contributed by atoms with Gasteiger partial charge in [-0.15, -0.1) is 5.10 Å². The third kappa shape index (κ3) is 5.12. The van der Waals surface area contributed by atoms with Gasteiger partial charge in [-0.05, 0) is 26.8 Å². The summed E-state index contributed by atoms with van der Waals surface area (Å²) in [6, 6.07) is 0.483. The standard InChI is InChI=1S/C20H20F6N6O4/c1-4-31-14(7-33)30-32(19(31)35)17-12(21)5-11(18(27-17)36-9(3)20(24,25)26)13(34)6-10-8(2)28-29-15(10)16(22)23/h5,9,16,33H,4,6-7H2,1-3H3,(H,28,29)/t9-/m0/s1. The Morgan fingerprint density at radius 3 is 2.50 bits per heavy atom. The number of ether oxygens (including phenoxy) is 1. The van der Waals surface area contributed by atoms with Gasteiger partial charge in [-0.25, -0.2) is 18.0 Å². The molecule has 1 atom stereocenters. The highest BCUT2D eigenvalue weighted by Gasteiger charge is 2.39. The average molecular weight is 522 g/mol. The van der Waals surface area contributed by atoms with E-state index in [1.165, 1.54) is 13.8 Å². The second kappa shape index (κ2) is 10.1. The summed E-state index contributed by atoms with van der Waals surface area (Å²) in [5.41, 5.74) is -2.61. The Hall–Kier alpha value is -3.69. The van der Waals surface area contributed by atoms with Gasteiger partial charge in [-0.3, -0.25) is 14.5 Å². The van der Waals surface area contributed by atoms with Crippen molar-refractivity contribution in [2.45, 2.75) is 59.0 Å². The maximum Gasteiger partial charge on any atom is 0.425 e. The van der Waals surface area contributed by atoms with Crippen LogP contribution in [0, 0.1) is 12.7 Å². The van der Waals surface area contributed by atoms with Crippen molar-refractivity contribution in [1.29, 1.82) is 0 Å². The number of halogens is 6. The van der Waals surface area contributed by atoms with Gasteiger partial charge in [0.1, 0.15) is 12.3 Å². The Kier molecular flexibility index (Phi) is 7.56. The van der Waals surface area contributed by atoms with Crippen LogP contribution in [0.5, 0.6) is 5.88 Å². The normalized spacial score (nSPS) is 12.9. The molecule has 3 aromatic rings. The van der Waals surface area contributed by atoms with Crippen LogP contribution in [-0.2, 0) is 19.6 Å². The molecule has 3 heterocycles. The van der Waals surface area contributed by atoms with Gasteiger partial charge in [0.15, 0.2) is 29.3 Å². The van der Waals surface area contributed by atoms with Crippen molar-refractivity contribution in [2.75, 3.05) is 0 Å². The first kappa shape index (κ1) is 26.9. The van der Waals surface area contributed by atoms with Crippen molar-refractivity contribution >= 4 is 5.78 Å². The van der Waals surface area contributed by atoms with Crippen LogP contribution in [0.2, 0.25) is 0 Å². The molecule has 0 radical (unpaired) electrons. The molecule has 0 bridgehead atoms. The Balaban J connectivity index is 2.15. The smallest absolute Gasteiger partial charge is 0.425 e.